The molecule has 1 heterocycles. The van der Waals surface area contributed by atoms with Crippen LogP contribution in [0.1, 0.15) is 51.2 Å². The molecule has 1 aromatic heterocycles. The zero-order chi connectivity index (χ0) is 23.1. The third-order valence-electron chi connectivity index (χ3n) is 5.70. The van der Waals surface area contributed by atoms with Crippen molar-refractivity contribution in [2.24, 2.45) is 0 Å². The van der Waals surface area contributed by atoms with Crippen molar-refractivity contribution >= 4 is 34.1 Å². The molecule has 32 heavy (non-hydrogen) atoms. The second-order valence-electron chi connectivity index (χ2n) is 8.13. The van der Waals surface area contributed by atoms with E-state index in [0.717, 1.165) is 66.5 Å². The van der Waals surface area contributed by atoms with E-state index >= 15 is 0 Å². The third-order valence-corrected chi connectivity index (χ3v) is 6.25. The molecule has 6 heteroatoms. The van der Waals surface area contributed by atoms with Crippen molar-refractivity contribution in [1.82, 2.24) is 9.88 Å². The molecule has 0 amide bonds. The second-order valence-corrected chi connectivity index (χ2v) is 8.97. The van der Waals surface area contributed by atoms with Crippen LogP contribution in [-0.4, -0.2) is 41.7 Å². The Morgan fingerprint density at radius 2 is 1.66 bits per heavy atom. The van der Waals surface area contributed by atoms with Crippen molar-refractivity contribution in [3.05, 3.63) is 58.1 Å². The van der Waals surface area contributed by atoms with Gasteiger partial charge in [-0.3, -0.25) is 0 Å². The number of unbranched alkanes of at least 4 members (excludes halogenated alkanes) is 2. The molecule has 4 nitrogen and oxygen atoms in total. The van der Waals surface area contributed by atoms with Crippen molar-refractivity contribution < 1.29 is 9.84 Å². The maximum Gasteiger partial charge on any atom is 0.138 e. The van der Waals surface area contributed by atoms with E-state index in [9.17, 15) is 5.11 Å². The Bertz CT molecular complexity index is 1020. The number of hydrogen-bond donors (Lipinski definition) is 1. The first-order chi connectivity index (χ1) is 15.5. The van der Waals surface area contributed by atoms with E-state index in [1.807, 2.05) is 36.4 Å². The Morgan fingerprint density at radius 3 is 2.25 bits per heavy atom. The van der Waals surface area contributed by atoms with Crippen LogP contribution in [-0.2, 0) is 0 Å². The smallest absolute Gasteiger partial charge is 0.138 e. The molecule has 0 spiro atoms. The summed E-state index contributed by atoms with van der Waals surface area (Å²) in [7, 11) is 1.59. The molecular formula is C26H32Cl2N2O2. The van der Waals surface area contributed by atoms with Gasteiger partial charge in [0, 0.05) is 22.5 Å². The first-order valence-electron chi connectivity index (χ1n) is 11.3. The maximum atomic E-state index is 11.4. The number of methoxy groups -OCH3 is 1. The van der Waals surface area contributed by atoms with Crippen LogP contribution in [0.2, 0.25) is 10.0 Å². The van der Waals surface area contributed by atoms with E-state index in [1.165, 1.54) is 0 Å². The van der Waals surface area contributed by atoms with Gasteiger partial charge in [-0.1, -0.05) is 62.0 Å². The van der Waals surface area contributed by atoms with Crippen molar-refractivity contribution in [2.45, 2.75) is 45.6 Å². The molecular weight excluding hydrogens is 443 g/mol. The number of fused-ring (bicyclic) bond motifs is 1. The van der Waals surface area contributed by atoms with Gasteiger partial charge in [0.15, 0.2) is 0 Å². The number of aliphatic hydroxyl groups excluding tert-OH is 1. The lowest BCUT2D eigenvalue weighted by molar-refractivity contribution is 0.112. The van der Waals surface area contributed by atoms with Crippen molar-refractivity contribution in [2.75, 3.05) is 26.7 Å². The summed E-state index contributed by atoms with van der Waals surface area (Å²) in [5, 5.41) is 13.4. The predicted octanol–water partition coefficient (Wildman–Crippen LogP) is 7.15. The van der Waals surface area contributed by atoms with Gasteiger partial charge in [-0.2, -0.15) is 0 Å². The Kier molecular flexibility index (Phi) is 9.18. The minimum atomic E-state index is -0.661. The molecule has 0 radical (unpaired) electrons. The van der Waals surface area contributed by atoms with E-state index < -0.39 is 6.10 Å². The summed E-state index contributed by atoms with van der Waals surface area (Å²) in [6, 6.07) is 13.2. The molecule has 0 saturated heterocycles. The highest BCUT2D eigenvalue weighted by molar-refractivity contribution is 6.32. The van der Waals surface area contributed by atoms with Gasteiger partial charge in [-0.15, -0.1) is 0 Å². The molecule has 3 aromatic rings. The van der Waals surface area contributed by atoms with Crippen LogP contribution in [0.4, 0.5) is 0 Å². The van der Waals surface area contributed by atoms with Gasteiger partial charge in [-0.25, -0.2) is 4.98 Å². The summed E-state index contributed by atoms with van der Waals surface area (Å²) < 4.78 is 5.44. The van der Waals surface area contributed by atoms with Crippen molar-refractivity contribution in [3.63, 3.8) is 0 Å². The van der Waals surface area contributed by atoms with E-state index in [0.29, 0.717) is 22.3 Å². The lowest BCUT2D eigenvalue weighted by Crippen LogP contribution is -2.31. The van der Waals surface area contributed by atoms with Gasteiger partial charge in [0.05, 0.1) is 29.4 Å². The second kappa shape index (κ2) is 11.9. The number of benzene rings is 2. The molecule has 0 fully saturated rings. The minimum Gasteiger partial charge on any atom is -0.495 e. The number of hydrogen-bond acceptors (Lipinski definition) is 4. The number of aromatic nitrogens is 1. The first-order valence-corrected chi connectivity index (χ1v) is 12.1. The first kappa shape index (κ1) is 24.8. The van der Waals surface area contributed by atoms with Crippen LogP contribution >= 0.6 is 23.2 Å². The predicted molar refractivity (Wildman–Crippen MR) is 135 cm³/mol. The molecule has 0 bridgehead atoms. The highest BCUT2D eigenvalue weighted by Gasteiger charge is 2.19. The van der Waals surface area contributed by atoms with Crippen LogP contribution in [0.25, 0.3) is 22.2 Å². The van der Waals surface area contributed by atoms with E-state index in [2.05, 4.69) is 18.7 Å². The highest BCUT2D eigenvalue weighted by Crippen LogP contribution is 2.35. The summed E-state index contributed by atoms with van der Waals surface area (Å²) in [6.07, 6.45) is 3.84. The topological polar surface area (TPSA) is 45.6 Å². The molecule has 3 rings (SSSR count). The third kappa shape index (κ3) is 6.14. The molecule has 0 aliphatic carbocycles. The van der Waals surface area contributed by atoms with E-state index in [1.54, 1.807) is 13.2 Å². The number of ether oxygens (including phenoxy) is 1. The zero-order valence-corrected chi connectivity index (χ0v) is 20.6. The summed E-state index contributed by atoms with van der Waals surface area (Å²) in [5.41, 5.74) is 3.27. The summed E-state index contributed by atoms with van der Waals surface area (Å²) in [6.45, 7) is 6.92. The average molecular weight is 475 g/mol. The molecule has 0 aliphatic rings. The van der Waals surface area contributed by atoms with Crippen LogP contribution in [0.3, 0.4) is 0 Å². The molecule has 0 saturated carbocycles. The van der Waals surface area contributed by atoms with Gasteiger partial charge in [0.25, 0.3) is 0 Å². The van der Waals surface area contributed by atoms with E-state index in [4.69, 9.17) is 32.9 Å². The quantitative estimate of drug-likeness (QED) is 0.320. The van der Waals surface area contributed by atoms with Gasteiger partial charge < -0.3 is 14.7 Å². The molecule has 1 atom stereocenters. The fraction of sp³-hybridized carbons (Fsp3) is 0.423. The Hall–Kier alpha value is -1.85. The van der Waals surface area contributed by atoms with Gasteiger partial charge in [0.2, 0.25) is 0 Å². The van der Waals surface area contributed by atoms with Crippen LogP contribution < -0.4 is 4.74 Å². The number of pyridine rings is 1. The molecule has 2 aromatic carbocycles. The number of halogens is 2. The fourth-order valence-corrected chi connectivity index (χ4v) is 4.22. The average Bonchev–Trinajstić information content (AvgIpc) is 2.79. The normalized spacial score (nSPS) is 12.5. The van der Waals surface area contributed by atoms with Gasteiger partial charge in [-0.05, 0) is 61.8 Å². The van der Waals surface area contributed by atoms with Gasteiger partial charge in [0.1, 0.15) is 5.75 Å². The Labute approximate surface area is 201 Å². The molecule has 1 unspecified atom stereocenters. The monoisotopic (exact) mass is 474 g/mol. The van der Waals surface area contributed by atoms with Crippen molar-refractivity contribution in [3.8, 4) is 17.0 Å². The number of nitrogens with zero attached hydrogens (tertiary/aromatic N) is 2. The highest BCUT2D eigenvalue weighted by atomic mass is 35.5. The largest absolute Gasteiger partial charge is 0.495 e. The molecule has 1 N–H and O–H groups in total. The van der Waals surface area contributed by atoms with Gasteiger partial charge >= 0.3 is 0 Å². The van der Waals surface area contributed by atoms with Crippen molar-refractivity contribution in [1.29, 1.82) is 0 Å². The summed E-state index contributed by atoms with van der Waals surface area (Å²) in [4.78, 5) is 7.19. The lowest BCUT2D eigenvalue weighted by atomic mass is 9.99. The summed E-state index contributed by atoms with van der Waals surface area (Å²) >= 11 is 12.5. The van der Waals surface area contributed by atoms with E-state index in [-0.39, 0.29) is 0 Å². The van der Waals surface area contributed by atoms with Crippen LogP contribution in [0, 0.1) is 0 Å². The SMILES string of the molecule is CCCCN(CCCC)CC(O)c1cc(-c2ccc(Cl)cc2)nc2cc(Cl)c(OC)cc12. The number of aliphatic hydroxyl groups is 1. The lowest BCUT2D eigenvalue weighted by Gasteiger charge is -2.26. The zero-order valence-electron chi connectivity index (χ0n) is 19.1. The van der Waals surface area contributed by atoms with Crippen LogP contribution in [0.15, 0.2) is 42.5 Å². The minimum absolute atomic E-state index is 0.494. The van der Waals surface area contributed by atoms with Crippen LogP contribution in [0.5, 0.6) is 5.75 Å². The maximum absolute atomic E-state index is 11.4. The molecule has 0 aliphatic heterocycles. The Morgan fingerprint density at radius 1 is 1.00 bits per heavy atom. The Balaban J connectivity index is 2.05. The standard InChI is InChI=1S/C26H32Cl2N2O2/c1-4-6-12-30(13-7-5-2)17-25(31)21-14-23(18-8-10-19(27)11-9-18)29-24-16-22(28)26(32-3)15-20(21)24/h8-11,14-16,25,31H,4-7,12-13,17H2,1-3H3. The molecule has 172 valence electrons. The fourth-order valence-electron chi connectivity index (χ4n) is 3.86. The number of rotatable bonds is 11. The summed E-state index contributed by atoms with van der Waals surface area (Å²) in [5.74, 6) is 0.572.